The van der Waals surface area contributed by atoms with E-state index in [1.54, 1.807) is 24.3 Å². The van der Waals surface area contributed by atoms with Gasteiger partial charge < -0.3 is 5.11 Å². The van der Waals surface area contributed by atoms with Crippen LogP contribution in [0.2, 0.25) is 0 Å². The van der Waals surface area contributed by atoms with Crippen LogP contribution in [0, 0.1) is 0 Å². The van der Waals surface area contributed by atoms with Crippen molar-refractivity contribution in [1.82, 2.24) is 10.9 Å². The second kappa shape index (κ2) is 27.1. The molecule has 0 bridgehead atoms. The molecule has 0 saturated carbocycles. The van der Waals surface area contributed by atoms with E-state index in [4.69, 9.17) is 0 Å². The van der Waals surface area contributed by atoms with E-state index >= 15 is 0 Å². The smallest absolute Gasteiger partial charge is 0.238 e. The number of hydrogen-bond donors (Lipinski definition) is 3. The highest BCUT2D eigenvalue weighted by Gasteiger charge is 2.05. The Kier molecular flexibility index (Phi) is 24.4. The molecule has 0 saturated heterocycles. The molecule has 1 aromatic rings. The maximum absolute atomic E-state index is 11.9. The van der Waals surface area contributed by atoms with Crippen molar-refractivity contribution >= 4 is 11.8 Å². The first-order valence-electron chi connectivity index (χ1n) is 17.0. The molecule has 0 fully saturated rings. The lowest BCUT2D eigenvalue weighted by Gasteiger charge is -2.08. The summed E-state index contributed by atoms with van der Waals surface area (Å²) in [6.07, 6.45) is 32.6. The molecule has 0 spiro atoms. The van der Waals surface area contributed by atoms with Crippen molar-refractivity contribution < 1.29 is 14.7 Å². The van der Waals surface area contributed by atoms with E-state index in [2.05, 4.69) is 17.8 Å². The molecule has 3 N–H and O–H groups in total. The van der Waals surface area contributed by atoms with Gasteiger partial charge >= 0.3 is 0 Å². The van der Waals surface area contributed by atoms with Crippen molar-refractivity contribution in [1.29, 1.82) is 0 Å². The van der Waals surface area contributed by atoms with Crippen LogP contribution in [-0.4, -0.2) is 16.9 Å². The van der Waals surface area contributed by atoms with Crippen LogP contribution in [-0.2, 0) is 16.0 Å². The van der Waals surface area contributed by atoms with Crippen LogP contribution in [0.1, 0.15) is 173 Å². The summed E-state index contributed by atoms with van der Waals surface area (Å²) in [6, 6.07) is 6.81. The fraction of sp³-hybridized carbons (Fsp3) is 0.771. The molecule has 2 amide bonds. The first-order valence-corrected chi connectivity index (χ1v) is 17.0. The molecular formula is C35H62N2O3. The molecule has 230 valence electrons. The summed E-state index contributed by atoms with van der Waals surface area (Å²) in [5, 5.41) is 9.29. The summed E-state index contributed by atoms with van der Waals surface area (Å²) in [5.41, 5.74) is 5.98. The zero-order valence-corrected chi connectivity index (χ0v) is 26.0. The molecule has 0 heterocycles. The fourth-order valence-electron chi connectivity index (χ4n) is 5.26. The van der Waals surface area contributed by atoms with Gasteiger partial charge in [-0.15, -0.1) is 0 Å². The van der Waals surface area contributed by atoms with Crippen LogP contribution in [0.3, 0.4) is 0 Å². The molecule has 0 radical (unpaired) electrons. The number of phenols is 1. The van der Waals surface area contributed by atoms with Crippen molar-refractivity contribution in [2.45, 2.75) is 174 Å². The molecule has 5 heteroatoms. The maximum atomic E-state index is 11.9. The first kappa shape index (κ1) is 36.0. The highest BCUT2D eigenvalue weighted by Crippen LogP contribution is 2.16. The Bertz CT molecular complexity index is 720. The Balaban J connectivity index is 1.74. The van der Waals surface area contributed by atoms with Crippen LogP contribution in [0.15, 0.2) is 24.3 Å². The highest BCUT2D eigenvalue weighted by atomic mass is 16.3. The number of unbranched alkanes of at least 4 members (excludes halogenated alkanes) is 22. The van der Waals surface area contributed by atoms with Gasteiger partial charge in [-0.2, -0.15) is 0 Å². The van der Waals surface area contributed by atoms with Crippen molar-refractivity contribution in [2.75, 3.05) is 0 Å². The lowest BCUT2D eigenvalue weighted by molar-refractivity contribution is -0.128. The molecule has 0 aromatic heterocycles. The third-order valence-electron chi connectivity index (χ3n) is 7.93. The SMILES string of the molecule is CCCCCCCCCCCCCCCCCCCCCCCCCC(=O)NNC(=O)CCc1ccc(O)cc1. The van der Waals surface area contributed by atoms with Crippen molar-refractivity contribution in [3.63, 3.8) is 0 Å². The van der Waals surface area contributed by atoms with Gasteiger partial charge in [0.15, 0.2) is 0 Å². The van der Waals surface area contributed by atoms with Gasteiger partial charge in [-0.25, -0.2) is 0 Å². The number of benzene rings is 1. The molecule has 40 heavy (non-hydrogen) atoms. The van der Waals surface area contributed by atoms with E-state index in [0.29, 0.717) is 19.3 Å². The zero-order chi connectivity index (χ0) is 28.9. The number of carbonyl (C=O) groups is 2. The summed E-state index contributed by atoms with van der Waals surface area (Å²) >= 11 is 0. The lowest BCUT2D eigenvalue weighted by atomic mass is 10.0. The van der Waals surface area contributed by atoms with Gasteiger partial charge in [0.25, 0.3) is 0 Å². The summed E-state index contributed by atoms with van der Waals surface area (Å²) < 4.78 is 0. The number of carbonyl (C=O) groups excluding carboxylic acids is 2. The van der Waals surface area contributed by atoms with Gasteiger partial charge in [0.2, 0.25) is 11.8 Å². The quantitative estimate of drug-likeness (QED) is 0.0742. The molecule has 0 aliphatic carbocycles. The van der Waals surface area contributed by atoms with Crippen molar-refractivity contribution in [3.05, 3.63) is 29.8 Å². The second-order valence-corrected chi connectivity index (χ2v) is 11.8. The fourth-order valence-corrected chi connectivity index (χ4v) is 5.26. The van der Waals surface area contributed by atoms with Gasteiger partial charge in [0.05, 0.1) is 0 Å². The van der Waals surface area contributed by atoms with E-state index < -0.39 is 0 Å². The second-order valence-electron chi connectivity index (χ2n) is 11.8. The highest BCUT2D eigenvalue weighted by molar-refractivity contribution is 5.81. The predicted molar refractivity (Wildman–Crippen MR) is 169 cm³/mol. The topological polar surface area (TPSA) is 78.4 Å². The number of nitrogens with one attached hydrogen (secondary N) is 2. The van der Waals surface area contributed by atoms with E-state index in [9.17, 15) is 14.7 Å². The first-order chi connectivity index (χ1) is 19.6. The van der Waals surface area contributed by atoms with Crippen molar-refractivity contribution in [3.8, 4) is 5.75 Å². The monoisotopic (exact) mass is 558 g/mol. The number of hydrazine groups is 1. The molecule has 0 aliphatic rings. The minimum Gasteiger partial charge on any atom is -0.508 e. The van der Waals surface area contributed by atoms with Gasteiger partial charge in [0, 0.05) is 12.8 Å². The van der Waals surface area contributed by atoms with Crippen LogP contribution in [0.4, 0.5) is 0 Å². The molecule has 5 nitrogen and oxygen atoms in total. The van der Waals surface area contributed by atoms with E-state index in [1.807, 2.05) is 0 Å². The third-order valence-corrected chi connectivity index (χ3v) is 7.93. The number of rotatable bonds is 27. The summed E-state index contributed by atoms with van der Waals surface area (Å²) in [4.78, 5) is 23.8. The van der Waals surface area contributed by atoms with E-state index in [-0.39, 0.29) is 17.6 Å². The van der Waals surface area contributed by atoms with Gasteiger partial charge in [-0.05, 0) is 30.5 Å². The number of aryl methyl sites for hydroxylation is 1. The number of phenolic OH excluding ortho intramolecular Hbond substituents is 1. The van der Waals surface area contributed by atoms with E-state index in [1.165, 1.54) is 135 Å². The Morgan fingerprint density at radius 3 is 1.20 bits per heavy atom. The van der Waals surface area contributed by atoms with Crippen LogP contribution < -0.4 is 10.9 Å². The van der Waals surface area contributed by atoms with Crippen LogP contribution in [0.5, 0.6) is 5.75 Å². The van der Waals surface area contributed by atoms with Gasteiger partial charge in [0.1, 0.15) is 5.75 Å². The molecule has 0 unspecified atom stereocenters. The third kappa shape index (κ3) is 23.8. The summed E-state index contributed by atoms with van der Waals surface area (Å²) in [5.74, 6) is -0.113. The Labute approximate surface area is 246 Å². The Morgan fingerprint density at radius 2 is 0.825 bits per heavy atom. The average Bonchev–Trinajstić information content (AvgIpc) is 2.96. The largest absolute Gasteiger partial charge is 0.508 e. The van der Waals surface area contributed by atoms with Crippen molar-refractivity contribution in [2.24, 2.45) is 0 Å². The standard InChI is InChI=1S/C35H62N2O3/c1-2-3-4-5-6-7-8-9-10-11-12-13-14-15-16-17-18-19-20-21-22-23-24-25-34(39)36-37-35(40)31-28-32-26-29-33(38)30-27-32/h26-27,29-30,38H,2-25,28,31H2,1H3,(H,36,39)(H,37,40). The number of amides is 2. The number of aromatic hydroxyl groups is 1. The summed E-state index contributed by atoms with van der Waals surface area (Å²) in [6.45, 7) is 2.29. The lowest BCUT2D eigenvalue weighted by Crippen LogP contribution is -2.41. The Morgan fingerprint density at radius 1 is 0.500 bits per heavy atom. The van der Waals surface area contributed by atoms with E-state index in [0.717, 1.165) is 18.4 Å². The molecule has 0 aliphatic heterocycles. The molecular weight excluding hydrogens is 496 g/mol. The maximum Gasteiger partial charge on any atom is 0.238 e. The zero-order valence-electron chi connectivity index (χ0n) is 26.0. The minimum atomic E-state index is -0.203. The summed E-state index contributed by atoms with van der Waals surface area (Å²) in [7, 11) is 0. The molecule has 1 aromatic carbocycles. The molecule has 0 atom stereocenters. The predicted octanol–water partition coefficient (Wildman–Crippen LogP) is 9.85. The van der Waals surface area contributed by atoms with Crippen LogP contribution >= 0.6 is 0 Å². The Hall–Kier alpha value is -2.04. The minimum absolute atomic E-state index is 0.124. The average molecular weight is 559 g/mol. The normalized spacial score (nSPS) is 11.0. The number of hydrogen-bond acceptors (Lipinski definition) is 3. The van der Waals surface area contributed by atoms with Gasteiger partial charge in [-0.1, -0.05) is 160 Å². The molecule has 1 rings (SSSR count). The van der Waals surface area contributed by atoms with Gasteiger partial charge in [-0.3, -0.25) is 20.4 Å². The van der Waals surface area contributed by atoms with Crippen LogP contribution in [0.25, 0.3) is 0 Å².